The molecule has 0 spiro atoms. The average molecular weight is 231 g/mol. The highest BCUT2D eigenvalue weighted by Gasteiger charge is 2.21. The highest BCUT2D eigenvalue weighted by Crippen LogP contribution is 2.32. The first-order valence-electron chi connectivity index (χ1n) is 5.46. The summed E-state index contributed by atoms with van der Waals surface area (Å²) in [7, 11) is 0. The average Bonchev–Trinajstić information content (AvgIpc) is 2.28. The minimum absolute atomic E-state index is 0.00264. The smallest absolute Gasteiger partial charge is 0.314 e. The Labute approximate surface area is 98.4 Å². The Morgan fingerprint density at radius 2 is 2.12 bits per heavy atom. The van der Waals surface area contributed by atoms with Gasteiger partial charge >= 0.3 is 5.69 Å². The normalized spacial score (nSPS) is 10.6. The fourth-order valence-corrected chi connectivity index (χ4v) is 2.00. The molecule has 1 aromatic heterocycles. The van der Waals surface area contributed by atoms with Gasteiger partial charge in [-0.25, -0.2) is 4.98 Å². The third kappa shape index (κ3) is 1.91. The highest BCUT2D eigenvalue weighted by molar-refractivity contribution is 5.88. The summed E-state index contributed by atoms with van der Waals surface area (Å²) < 4.78 is 0. The van der Waals surface area contributed by atoms with Crippen LogP contribution in [0.2, 0.25) is 0 Å². The topological polar surface area (TPSA) is 82.0 Å². The third-order valence-electron chi connectivity index (χ3n) is 2.68. The van der Waals surface area contributed by atoms with E-state index >= 15 is 0 Å². The maximum Gasteiger partial charge on any atom is 0.314 e. The molecule has 0 unspecified atom stereocenters. The van der Waals surface area contributed by atoms with E-state index in [1.807, 2.05) is 31.2 Å². The van der Waals surface area contributed by atoms with Gasteiger partial charge in [0.1, 0.15) is 0 Å². The number of pyridine rings is 1. The van der Waals surface area contributed by atoms with Crippen molar-refractivity contribution in [3.8, 4) is 0 Å². The second-order valence-corrected chi connectivity index (χ2v) is 3.85. The standard InChI is InChI=1S/C12H13N3O2/c1-2-5-9-8-6-3-4-7-10(8)14-12(13)11(9)15(16)17/h3-4,6-7H,2,5H2,1H3,(H2,13,14). The summed E-state index contributed by atoms with van der Waals surface area (Å²) in [5.41, 5.74) is 7.00. The van der Waals surface area contributed by atoms with Crippen molar-refractivity contribution < 1.29 is 4.92 Å². The first-order chi connectivity index (χ1) is 8.15. The van der Waals surface area contributed by atoms with Crippen molar-refractivity contribution in [2.45, 2.75) is 19.8 Å². The number of nitrogens with zero attached hydrogens (tertiary/aromatic N) is 2. The molecule has 88 valence electrons. The Bertz CT molecular complexity index is 581. The van der Waals surface area contributed by atoms with Gasteiger partial charge in [0.05, 0.1) is 10.4 Å². The number of para-hydroxylation sites is 1. The van der Waals surface area contributed by atoms with Crippen molar-refractivity contribution in [2.75, 3.05) is 5.73 Å². The minimum atomic E-state index is -0.445. The zero-order valence-corrected chi connectivity index (χ0v) is 9.51. The van der Waals surface area contributed by atoms with E-state index in [1.54, 1.807) is 0 Å². The van der Waals surface area contributed by atoms with Crippen LogP contribution in [-0.2, 0) is 6.42 Å². The lowest BCUT2D eigenvalue weighted by atomic mass is 10.0. The SMILES string of the molecule is CCCc1c([N+](=O)[O-])c(N)nc2ccccc12. The lowest BCUT2D eigenvalue weighted by Gasteiger charge is -2.07. The van der Waals surface area contributed by atoms with E-state index in [9.17, 15) is 10.1 Å². The molecular formula is C12H13N3O2. The van der Waals surface area contributed by atoms with Crippen LogP contribution in [0.25, 0.3) is 10.9 Å². The third-order valence-corrected chi connectivity index (χ3v) is 2.68. The second kappa shape index (κ2) is 4.37. The van der Waals surface area contributed by atoms with Crippen LogP contribution in [0.15, 0.2) is 24.3 Å². The minimum Gasteiger partial charge on any atom is -0.378 e. The van der Waals surface area contributed by atoms with E-state index < -0.39 is 4.92 Å². The van der Waals surface area contributed by atoms with Crippen LogP contribution < -0.4 is 5.73 Å². The number of nitrogen functional groups attached to an aromatic ring is 1. The summed E-state index contributed by atoms with van der Waals surface area (Å²) in [6.45, 7) is 1.98. The van der Waals surface area contributed by atoms with Gasteiger partial charge < -0.3 is 5.73 Å². The first kappa shape index (κ1) is 11.3. The monoisotopic (exact) mass is 231 g/mol. The molecule has 5 nitrogen and oxygen atoms in total. The lowest BCUT2D eigenvalue weighted by Crippen LogP contribution is -2.04. The Kier molecular flexibility index (Phi) is 2.91. The van der Waals surface area contributed by atoms with Gasteiger partial charge in [-0.15, -0.1) is 0 Å². The van der Waals surface area contributed by atoms with Gasteiger partial charge in [0, 0.05) is 10.9 Å². The molecule has 2 N–H and O–H groups in total. The molecule has 0 aliphatic carbocycles. The number of aromatic nitrogens is 1. The van der Waals surface area contributed by atoms with Crippen LogP contribution in [0, 0.1) is 10.1 Å². The summed E-state index contributed by atoms with van der Waals surface area (Å²) in [5.74, 6) is -0.00264. The molecule has 0 bridgehead atoms. The van der Waals surface area contributed by atoms with Crippen molar-refractivity contribution in [1.82, 2.24) is 4.98 Å². The molecule has 2 rings (SSSR count). The van der Waals surface area contributed by atoms with Gasteiger partial charge in [-0.3, -0.25) is 10.1 Å². The van der Waals surface area contributed by atoms with E-state index in [2.05, 4.69) is 4.98 Å². The second-order valence-electron chi connectivity index (χ2n) is 3.85. The number of hydrogen-bond acceptors (Lipinski definition) is 4. The summed E-state index contributed by atoms with van der Waals surface area (Å²) >= 11 is 0. The zero-order valence-electron chi connectivity index (χ0n) is 9.51. The Balaban J connectivity index is 2.83. The molecule has 0 aliphatic heterocycles. The van der Waals surface area contributed by atoms with Crippen molar-refractivity contribution >= 4 is 22.4 Å². The molecule has 1 heterocycles. The molecule has 5 heteroatoms. The summed E-state index contributed by atoms with van der Waals surface area (Å²) in [4.78, 5) is 14.7. The van der Waals surface area contributed by atoms with Gasteiger partial charge in [-0.05, 0) is 12.5 Å². The quantitative estimate of drug-likeness (QED) is 0.650. The fraction of sp³-hybridized carbons (Fsp3) is 0.250. The molecule has 0 atom stereocenters. The summed E-state index contributed by atoms with van der Waals surface area (Å²) in [5, 5.41) is 11.9. The molecule has 0 aliphatic rings. The number of rotatable bonds is 3. The maximum absolute atomic E-state index is 11.0. The molecule has 1 aromatic carbocycles. The number of hydrogen-bond donors (Lipinski definition) is 1. The van der Waals surface area contributed by atoms with Crippen LogP contribution in [0.1, 0.15) is 18.9 Å². The van der Waals surface area contributed by atoms with Crippen molar-refractivity contribution in [1.29, 1.82) is 0 Å². The largest absolute Gasteiger partial charge is 0.378 e. The van der Waals surface area contributed by atoms with Gasteiger partial charge in [0.2, 0.25) is 5.82 Å². The molecule has 0 saturated heterocycles. The maximum atomic E-state index is 11.0. The molecule has 17 heavy (non-hydrogen) atoms. The van der Waals surface area contributed by atoms with Crippen molar-refractivity contribution in [2.24, 2.45) is 0 Å². The number of anilines is 1. The van der Waals surface area contributed by atoms with Gasteiger partial charge in [0.25, 0.3) is 0 Å². The molecular weight excluding hydrogens is 218 g/mol. The van der Waals surface area contributed by atoms with Crippen LogP contribution in [0.5, 0.6) is 0 Å². The highest BCUT2D eigenvalue weighted by atomic mass is 16.6. The first-order valence-corrected chi connectivity index (χ1v) is 5.46. The zero-order chi connectivity index (χ0) is 12.4. The van der Waals surface area contributed by atoms with Crippen LogP contribution in [-0.4, -0.2) is 9.91 Å². The van der Waals surface area contributed by atoms with Crippen LogP contribution in [0.3, 0.4) is 0 Å². The molecule has 0 radical (unpaired) electrons. The molecule has 2 aromatic rings. The predicted octanol–water partition coefficient (Wildman–Crippen LogP) is 2.68. The van der Waals surface area contributed by atoms with Gasteiger partial charge in [0.15, 0.2) is 0 Å². The van der Waals surface area contributed by atoms with E-state index in [4.69, 9.17) is 5.73 Å². The Morgan fingerprint density at radius 1 is 1.41 bits per heavy atom. The summed E-state index contributed by atoms with van der Waals surface area (Å²) in [6, 6.07) is 7.35. The molecule has 0 amide bonds. The number of aryl methyl sites for hydroxylation is 1. The lowest BCUT2D eigenvalue weighted by molar-refractivity contribution is -0.384. The number of nitro groups is 1. The molecule has 0 fully saturated rings. The van der Waals surface area contributed by atoms with Crippen molar-refractivity contribution in [3.63, 3.8) is 0 Å². The van der Waals surface area contributed by atoms with Gasteiger partial charge in [-0.2, -0.15) is 0 Å². The predicted molar refractivity (Wildman–Crippen MR) is 66.8 cm³/mol. The van der Waals surface area contributed by atoms with E-state index in [-0.39, 0.29) is 11.5 Å². The molecule has 0 saturated carbocycles. The van der Waals surface area contributed by atoms with E-state index in [0.717, 1.165) is 11.8 Å². The number of fused-ring (bicyclic) bond motifs is 1. The van der Waals surface area contributed by atoms with Crippen LogP contribution >= 0.6 is 0 Å². The Hall–Kier alpha value is -2.17. The number of benzene rings is 1. The fourth-order valence-electron chi connectivity index (χ4n) is 2.00. The summed E-state index contributed by atoms with van der Waals surface area (Å²) in [6.07, 6.45) is 1.46. The Morgan fingerprint density at radius 3 is 2.76 bits per heavy atom. The van der Waals surface area contributed by atoms with Crippen LogP contribution in [0.4, 0.5) is 11.5 Å². The number of nitrogens with two attached hydrogens (primary N) is 1. The van der Waals surface area contributed by atoms with Crippen molar-refractivity contribution in [3.05, 3.63) is 39.9 Å². The van der Waals surface area contributed by atoms with E-state index in [1.165, 1.54) is 0 Å². The van der Waals surface area contributed by atoms with E-state index in [0.29, 0.717) is 17.5 Å². The van der Waals surface area contributed by atoms with Gasteiger partial charge in [-0.1, -0.05) is 31.5 Å².